The van der Waals surface area contributed by atoms with Crippen LogP contribution in [0.2, 0.25) is 0 Å². The number of nitriles is 1. The van der Waals surface area contributed by atoms with Crippen molar-refractivity contribution in [2.45, 2.75) is 26.2 Å². The van der Waals surface area contributed by atoms with Crippen molar-refractivity contribution in [3.63, 3.8) is 0 Å². The maximum atomic E-state index is 8.75. The number of anilines is 1. The molecule has 23 heavy (non-hydrogen) atoms. The summed E-state index contributed by atoms with van der Waals surface area (Å²) in [5, 5.41) is 11.8. The summed E-state index contributed by atoms with van der Waals surface area (Å²) in [5.41, 5.74) is 7.36. The first-order chi connectivity index (χ1) is 10.7. The van der Waals surface area contributed by atoms with Crippen LogP contribution < -0.4 is 11.1 Å². The Bertz CT molecular complexity index is 527. The lowest BCUT2D eigenvalue weighted by Crippen LogP contribution is -2.34. The SMILES string of the molecule is CC1CCN(CCCN=C(N)Nc2ccc(C#N)cc2)CC1.I. The van der Waals surface area contributed by atoms with Crippen LogP contribution in [0.15, 0.2) is 29.3 Å². The van der Waals surface area contributed by atoms with E-state index >= 15 is 0 Å². The maximum Gasteiger partial charge on any atom is 0.193 e. The summed E-state index contributed by atoms with van der Waals surface area (Å²) >= 11 is 0. The average Bonchev–Trinajstić information content (AvgIpc) is 2.54. The minimum atomic E-state index is 0. The standard InChI is InChI=1S/C17H25N5.HI/c1-14-7-11-22(12-8-14)10-2-9-20-17(19)21-16-5-3-15(13-18)4-6-16;/h3-6,14H,2,7-12H2,1H3,(H3,19,20,21);1H. The summed E-state index contributed by atoms with van der Waals surface area (Å²) in [6.07, 6.45) is 3.65. The van der Waals surface area contributed by atoms with Crippen molar-refractivity contribution in [1.82, 2.24) is 4.90 Å². The van der Waals surface area contributed by atoms with Crippen molar-refractivity contribution >= 4 is 35.6 Å². The normalized spacial score (nSPS) is 16.4. The van der Waals surface area contributed by atoms with E-state index in [9.17, 15) is 0 Å². The summed E-state index contributed by atoms with van der Waals surface area (Å²) in [7, 11) is 0. The van der Waals surface area contributed by atoms with Crippen LogP contribution in [-0.2, 0) is 0 Å². The fourth-order valence-corrected chi connectivity index (χ4v) is 2.60. The highest BCUT2D eigenvalue weighted by Crippen LogP contribution is 2.15. The van der Waals surface area contributed by atoms with Crippen LogP contribution in [0.3, 0.4) is 0 Å². The van der Waals surface area contributed by atoms with Crippen molar-refractivity contribution in [2.24, 2.45) is 16.6 Å². The summed E-state index contributed by atoms with van der Waals surface area (Å²) in [6, 6.07) is 9.26. The first kappa shape index (κ1) is 19.7. The molecule has 0 saturated carbocycles. The molecule has 5 nitrogen and oxygen atoms in total. The molecule has 0 aliphatic carbocycles. The number of benzene rings is 1. The zero-order chi connectivity index (χ0) is 15.8. The molecule has 1 aliphatic heterocycles. The monoisotopic (exact) mass is 427 g/mol. The lowest BCUT2D eigenvalue weighted by Gasteiger charge is -2.29. The number of halogens is 1. The van der Waals surface area contributed by atoms with Crippen molar-refractivity contribution in [3.05, 3.63) is 29.8 Å². The van der Waals surface area contributed by atoms with Crippen molar-refractivity contribution in [1.29, 1.82) is 5.26 Å². The molecule has 1 saturated heterocycles. The highest BCUT2D eigenvalue weighted by Gasteiger charge is 2.14. The highest BCUT2D eigenvalue weighted by atomic mass is 127. The molecule has 1 aliphatic rings. The van der Waals surface area contributed by atoms with E-state index in [0.717, 1.165) is 31.1 Å². The minimum Gasteiger partial charge on any atom is -0.370 e. The number of nitrogens with two attached hydrogens (primary N) is 1. The Balaban J connectivity index is 0.00000264. The second-order valence-electron chi connectivity index (χ2n) is 5.96. The van der Waals surface area contributed by atoms with Crippen LogP contribution in [0.4, 0.5) is 5.69 Å². The molecule has 0 radical (unpaired) electrons. The Hall–Kier alpha value is -1.33. The molecular formula is C17H26IN5. The van der Waals surface area contributed by atoms with Crippen molar-refractivity contribution < 1.29 is 0 Å². The second-order valence-corrected chi connectivity index (χ2v) is 5.96. The van der Waals surface area contributed by atoms with Crippen LogP contribution in [0.25, 0.3) is 0 Å². The molecule has 1 fully saturated rings. The number of rotatable bonds is 5. The van der Waals surface area contributed by atoms with Gasteiger partial charge >= 0.3 is 0 Å². The number of hydrogen-bond donors (Lipinski definition) is 2. The predicted molar refractivity (Wildman–Crippen MR) is 106 cm³/mol. The van der Waals surface area contributed by atoms with Gasteiger partial charge in [0, 0.05) is 12.2 Å². The number of likely N-dealkylation sites (tertiary alicyclic amines) is 1. The number of nitrogens with zero attached hydrogens (tertiary/aromatic N) is 3. The van der Waals surface area contributed by atoms with Crippen LogP contribution in [0.1, 0.15) is 31.7 Å². The molecule has 0 atom stereocenters. The lowest BCUT2D eigenvalue weighted by atomic mass is 9.99. The number of aliphatic imine (C=N–C) groups is 1. The number of hydrogen-bond acceptors (Lipinski definition) is 3. The van der Waals surface area contributed by atoms with E-state index in [1.807, 2.05) is 12.1 Å². The fraction of sp³-hybridized carbons (Fsp3) is 0.529. The lowest BCUT2D eigenvalue weighted by molar-refractivity contribution is 0.192. The molecule has 2 rings (SSSR count). The van der Waals surface area contributed by atoms with Gasteiger partial charge in [-0.05, 0) is 69.1 Å². The van der Waals surface area contributed by atoms with Crippen LogP contribution in [0.5, 0.6) is 0 Å². The van der Waals surface area contributed by atoms with E-state index in [4.69, 9.17) is 11.0 Å². The predicted octanol–water partition coefficient (Wildman–Crippen LogP) is 3.02. The van der Waals surface area contributed by atoms with Gasteiger partial charge in [-0.2, -0.15) is 5.26 Å². The topological polar surface area (TPSA) is 77.4 Å². The van der Waals surface area contributed by atoms with E-state index in [2.05, 4.69) is 28.2 Å². The van der Waals surface area contributed by atoms with E-state index in [1.54, 1.807) is 12.1 Å². The molecule has 1 aromatic carbocycles. The van der Waals surface area contributed by atoms with Gasteiger partial charge < -0.3 is 16.0 Å². The van der Waals surface area contributed by atoms with Crippen LogP contribution in [0, 0.1) is 17.2 Å². The summed E-state index contributed by atoms with van der Waals surface area (Å²) in [4.78, 5) is 6.87. The Kier molecular flexibility index (Phi) is 8.95. The molecule has 0 aromatic heterocycles. The Morgan fingerprint density at radius 1 is 1.35 bits per heavy atom. The van der Waals surface area contributed by atoms with Gasteiger partial charge in [0.1, 0.15) is 0 Å². The van der Waals surface area contributed by atoms with Crippen molar-refractivity contribution in [2.75, 3.05) is 31.5 Å². The Labute approximate surface area is 156 Å². The Morgan fingerprint density at radius 2 is 2.00 bits per heavy atom. The third-order valence-corrected chi connectivity index (χ3v) is 4.08. The molecule has 0 bridgehead atoms. The zero-order valence-corrected chi connectivity index (χ0v) is 16.0. The van der Waals surface area contributed by atoms with Gasteiger partial charge in [0.05, 0.1) is 11.6 Å². The molecule has 126 valence electrons. The second kappa shape index (κ2) is 10.4. The highest BCUT2D eigenvalue weighted by molar-refractivity contribution is 14.0. The van der Waals surface area contributed by atoms with Gasteiger partial charge in [-0.1, -0.05) is 6.92 Å². The number of piperidine rings is 1. The molecule has 1 heterocycles. The third-order valence-electron chi connectivity index (χ3n) is 4.08. The van der Waals surface area contributed by atoms with Crippen molar-refractivity contribution in [3.8, 4) is 6.07 Å². The molecule has 3 N–H and O–H groups in total. The Morgan fingerprint density at radius 3 is 2.61 bits per heavy atom. The van der Waals surface area contributed by atoms with Gasteiger partial charge in [-0.15, -0.1) is 24.0 Å². The van der Waals surface area contributed by atoms with Gasteiger partial charge in [0.25, 0.3) is 0 Å². The quantitative estimate of drug-likeness (QED) is 0.328. The molecule has 1 aromatic rings. The number of guanidine groups is 1. The molecule has 0 amide bonds. The molecular weight excluding hydrogens is 401 g/mol. The maximum absolute atomic E-state index is 8.75. The zero-order valence-electron chi connectivity index (χ0n) is 13.7. The van der Waals surface area contributed by atoms with E-state index in [1.165, 1.54) is 25.9 Å². The van der Waals surface area contributed by atoms with E-state index in [0.29, 0.717) is 11.5 Å². The summed E-state index contributed by atoms with van der Waals surface area (Å²) in [5.74, 6) is 1.30. The smallest absolute Gasteiger partial charge is 0.193 e. The van der Waals surface area contributed by atoms with E-state index < -0.39 is 0 Å². The van der Waals surface area contributed by atoms with Crippen LogP contribution in [-0.4, -0.2) is 37.0 Å². The summed E-state index contributed by atoms with van der Waals surface area (Å²) in [6.45, 7) is 6.59. The van der Waals surface area contributed by atoms with Crippen LogP contribution >= 0.6 is 24.0 Å². The average molecular weight is 427 g/mol. The molecule has 6 heteroatoms. The van der Waals surface area contributed by atoms with Gasteiger partial charge in [0.15, 0.2) is 5.96 Å². The fourth-order valence-electron chi connectivity index (χ4n) is 2.60. The third kappa shape index (κ3) is 7.18. The molecule has 0 unspecified atom stereocenters. The van der Waals surface area contributed by atoms with E-state index in [-0.39, 0.29) is 24.0 Å². The van der Waals surface area contributed by atoms with Gasteiger partial charge in [-0.3, -0.25) is 4.99 Å². The van der Waals surface area contributed by atoms with Gasteiger partial charge in [-0.25, -0.2) is 0 Å². The summed E-state index contributed by atoms with van der Waals surface area (Å²) < 4.78 is 0. The molecule has 0 spiro atoms. The number of nitrogens with one attached hydrogen (secondary N) is 1. The van der Waals surface area contributed by atoms with Gasteiger partial charge in [0.2, 0.25) is 0 Å². The first-order valence-corrected chi connectivity index (χ1v) is 7.97. The largest absolute Gasteiger partial charge is 0.370 e. The minimum absolute atomic E-state index is 0. The first-order valence-electron chi connectivity index (χ1n) is 7.97.